The summed E-state index contributed by atoms with van der Waals surface area (Å²) >= 11 is 0. The Morgan fingerprint density at radius 2 is 2.25 bits per heavy atom. The lowest BCUT2D eigenvalue weighted by Crippen LogP contribution is -2.38. The van der Waals surface area contributed by atoms with E-state index in [9.17, 15) is 9.59 Å². The molecule has 16 heavy (non-hydrogen) atoms. The van der Waals surface area contributed by atoms with Crippen molar-refractivity contribution in [1.82, 2.24) is 15.3 Å². The first-order chi connectivity index (χ1) is 7.56. The van der Waals surface area contributed by atoms with Gasteiger partial charge < -0.3 is 10.4 Å². The summed E-state index contributed by atoms with van der Waals surface area (Å²) < 4.78 is 0. The highest BCUT2D eigenvalue weighted by Crippen LogP contribution is 2.04. The molecule has 1 amide bonds. The second-order valence-corrected chi connectivity index (χ2v) is 3.27. The molecule has 0 aromatic carbocycles. The molecule has 1 heterocycles. The molecule has 1 aromatic rings. The van der Waals surface area contributed by atoms with Crippen molar-refractivity contribution >= 4 is 11.9 Å². The minimum absolute atomic E-state index is 0.318. The minimum Gasteiger partial charge on any atom is -0.480 e. The molecule has 6 nitrogen and oxygen atoms in total. The zero-order valence-corrected chi connectivity index (χ0v) is 9.10. The van der Waals surface area contributed by atoms with Crippen LogP contribution in [0.5, 0.6) is 0 Å². The molecule has 1 aromatic heterocycles. The maximum Gasteiger partial charge on any atom is 0.325 e. The van der Waals surface area contributed by atoms with Crippen molar-refractivity contribution in [1.29, 1.82) is 0 Å². The fourth-order valence-corrected chi connectivity index (χ4v) is 1.16. The molecule has 0 aliphatic rings. The van der Waals surface area contributed by atoms with Gasteiger partial charge in [-0.2, -0.15) is 0 Å². The molecule has 0 saturated carbocycles. The summed E-state index contributed by atoms with van der Waals surface area (Å²) in [6, 6.07) is -0.933. The molecule has 1 unspecified atom stereocenters. The van der Waals surface area contributed by atoms with Gasteiger partial charge in [0.15, 0.2) is 0 Å². The van der Waals surface area contributed by atoms with Crippen LogP contribution in [-0.4, -0.2) is 33.0 Å². The molecule has 0 aliphatic heterocycles. The number of aryl methyl sites for hydroxylation is 1. The van der Waals surface area contributed by atoms with E-state index in [0.29, 0.717) is 17.7 Å². The number of carboxylic acid groups (broad SMARTS) is 1. The number of nitrogens with one attached hydrogen (secondary N) is 1. The third-order valence-electron chi connectivity index (χ3n) is 2.09. The number of hydrogen-bond donors (Lipinski definition) is 2. The van der Waals surface area contributed by atoms with Crippen LogP contribution < -0.4 is 5.32 Å². The Morgan fingerprint density at radius 3 is 2.81 bits per heavy atom. The van der Waals surface area contributed by atoms with Gasteiger partial charge in [-0.05, 0) is 13.3 Å². The van der Waals surface area contributed by atoms with Crippen LogP contribution in [-0.2, 0) is 11.2 Å². The number of aromatic nitrogens is 2. The van der Waals surface area contributed by atoms with Crippen LogP contribution in [0.15, 0.2) is 12.5 Å². The van der Waals surface area contributed by atoms with Crippen LogP contribution in [0.2, 0.25) is 0 Å². The molecule has 2 N–H and O–H groups in total. The van der Waals surface area contributed by atoms with Crippen molar-refractivity contribution < 1.29 is 14.7 Å². The first-order valence-corrected chi connectivity index (χ1v) is 4.88. The van der Waals surface area contributed by atoms with Crippen molar-refractivity contribution in [3.05, 3.63) is 23.8 Å². The maximum absolute atomic E-state index is 11.7. The summed E-state index contributed by atoms with van der Waals surface area (Å²) in [6.45, 7) is 3.26. The Labute approximate surface area is 92.7 Å². The predicted octanol–water partition coefficient (Wildman–Crippen LogP) is 0.242. The van der Waals surface area contributed by atoms with Crippen molar-refractivity contribution in [2.45, 2.75) is 26.3 Å². The van der Waals surface area contributed by atoms with Crippen molar-refractivity contribution in [2.75, 3.05) is 0 Å². The average molecular weight is 223 g/mol. The van der Waals surface area contributed by atoms with Gasteiger partial charge in [-0.25, -0.2) is 9.97 Å². The number of aliphatic carboxylic acids is 1. The monoisotopic (exact) mass is 223 g/mol. The van der Waals surface area contributed by atoms with E-state index < -0.39 is 17.9 Å². The third-order valence-corrected chi connectivity index (χ3v) is 2.09. The van der Waals surface area contributed by atoms with Crippen LogP contribution in [0, 0.1) is 0 Å². The molecule has 86 valence electrons. The van der Waals surface area contributed by atoms with Crippen LogP contribution in [0.4, 0.5) is 0 Å². The Bertz CT molecular complexity index is 406. The molecule has 1 atom stereocenters. The van der Waals surface area contributed by atoms with Crippen LogP contribution >= 0.6 is 0 Å². The number of hydrogen-bond acceptors (Lipinski definition) is 4. The summed E-state index contributed by atoms with van der Waals surface area (Å²) in [4.78, 5) is 30.0. The highest BCUT2D eigenvalue weighted by molar-refractivity contribution is 5.97. The SMILES string of the molecule is CCc1ncncc1C(=O)NC(C)C(=O)O. The normalized spacial score (nSPS) is 11.9. The average Bonchev–Trinajstić information content (AvgIpc) is 2.28. The van der Waals surface area contributed by atoms with E-state index in [0.717, 1.165) is 0 Å². The van der Waals surface area contributed by atoms with Gasteiger partial charge in [-0.15, -0.1) is 0 Å². The summed E-state index contributed by atoms with van der Waals surface area (Å²) in [5.74, 6) is -1.55. The van der Waals surface area contributed by atoms with E-state index >= 15 is 0 Å². The molecular weight excluding hydrogens is 210 g/mol. The number of rotatable bonds is 4. The molecule has 0 fully saturated rings. The van der Waals surface area contributed by atoms with Crippen LogP contribution in [0.25, 0.3) is 0 Å². The lowest BCUT2D eigenvalue weighted by molar-refractivity contribution is -0.138. The van der Waals surface area contributed by atoms with E-state index in [-0.39, 0.29) is 0 Å². The molecule has 0 bridgehead atoms. The van der Waals surface area contributed by atoms with Crippen molar-refractivity contribution in [3.63, 3.8) is 0 Å². The Morgan fingerprint density at radius 1 is 1.56 bits per heavy atom. The first-order valence-electron chi connectivity index (χ1n) is 4.88. The second kappa shape index (κ2) is 5.20. The molecule has 1 rings (SSSR count). The first kappa shape index (κ1) is 12.1. The molecule has 0 radical (unpaired) electrons. The van der Waals surface area contributed by atoms with Crippen LogP contribution in [0.3, 0.4) is 0 Å². The molecule has 6 heteroatoms. The van der Waals surface area contributed by atoms with Gasteiger partial charge >= 0.3 is 5.97 Å². The number of carbonyl (C=O) groups excluding carboxylic acids is 1. The topological polar surface area (TPSA) is 92.2 Å². The zero-order valence-electron chi connectivity index (χ0n) is 9.10. The van der Waals surface area contributed by atoms with E-state index in [1.54, 1.807) is 0 Å². The number of carbonyl (C=O) groups is 2. The van der Waals surface area contributed by atoms with Gasteiger partial charge in [0.1, 0.15) is 12.4 Å². The fourth-order valence-electron chi connectivity index (χ4n) is 1.16. The summed E-state index contributed by atoms with van der Waals surface area (Å²) in [5, 5.41) is 11.0. The number of amides is 1. The van der Waals surface area contributed by atoms with E-state index in [2.05, 4.69) is 15.3 Å². The third kappa shape index (κ3) is 2.75. The van der Waals surface area contributed by atoms with Crippen molar-refractivity contribution in [2.24, 2.45) is 0 Å². The van der Waals surface area contributed by atoms with Gasteiger partial charge in [0.25, 0.3) is 5.91 Å². The zero-order chi connectivity index (χ0) is 12.1. The van der Waals surface area contributed by atoms with Gasteiger partial charge in [-0.1, -0.05) is 6.92 Å². The van der Waals surface area contributed by atoms with Gasteiger partial charge in [0.2, 0.25) is 0 Å². The van der Waals surface area contributed by atoms with Gasteiger partial charge in [0, 0.05) is 6.20 Å². The summed E-state index contributed by atoms with van der Waals surface area (Å²) in [5.41, 5.74) is 0.920. The Kier molecular flexibility index (Phi) is 3.93. The van der Waals surface area contributed by atoms with Gasteiger partial charge in [0.05, 0.1) is 11.3 Å². The van der Waals surface area contributed by atoms with E-state index in [1.165, 1.54) is 19.4 Å². The standard InChI is InChI=1S/C10H13N3O3/c1-3-8-7(4-11-5-12-8)9(14)13-6(2)10(15)16/h4-6H,3H2,1-2H3,(H,13,14)(H,15,16). The van der Waals surface area contributed by atoms with Gasteiger partial charge in [-0.3, -0.25) is 9.59 Å². The summed E-state index contributed by atoms with van der Waals surface area (Å²) in [7, 11) is 0. The largest absolute Gasteiger partial charge is 0.480 e. The second-order valence-electron chi connectivity index (χ2n) is 3.27. The van der Waals surface area contributed by atoms with E-state index in [1.807, 2.05) is 6.92 Å². The Hall–Kier alpha value is -1.98. The quantitative estimate of drug-likeness (QED) is 0.762. The molecular formula is C10H13N3O3. The smallest absolute Gasteiger partial charge is 0.325 e. The van der Waals surface area contributed by atoms with Crippen molar-refractivity contribution in [3.8, 4) is 0 Å². The highest BCUT2D eigenvalue weighted by atomic mass is 16.4. The number of carboxylic acids is 1. The lowest BCUT2D eigenvalue weighted by atomic mass is 10.1. The lowest BCUT2D eigenvalue weighted by Gasteiger charge is -2.10. The minimum atomic E-state index is -1.08. The number of nitrogens with zero attached hydrogens (tertiary/aromatic N) is 2. The molecule has 0 saturated heterocycles. The Balaban J connectivity index is 2.84. The fraction of sp³-hybridized carbons (Fsp3) is 0.400. The molecule has 0 aliphatic carbocycles. The predicted molar refractivity (Wildman–Crippen MR) is 56.0 cm³/mol. The highest BCUT2D eigenvalue weighted by Gasteiger charge is 2.17. The van der Waals surface area contributed by atoms with Crippen LogP contribution in [0.1, 0.15) is 29.9 Å². The maximum atomic E-state index is 11.7. The summed E-state index contributed by atoms with van der Waals surface area (Å²) in [6.07, 6.45) is 3.33. The van der Waals surface area contributed by atoms with E-state index in [4.69, 9.17) is 5.11 Å². The molecule has 0 spiro atoms.